The Morgan fingerprint density at radius 3 is 2.80 bits per heavy atom. The van der Waals surface area contributed by atoms with Crippen molar-refractivity contribution in [3.63, 3.8) is 0 Å². The molecule has 1 aliphatic heterocycles. The van der Waals surface area contributed by atoms with Gasteiger partial charge in [0, 0.05) is 6.92 Å². The van der Waals surface area contributed by atoms with Crippen molar-refractivity contribution in [1.82, 2.24) is 0 Å². The van der Waals surface area contributed by atoms with Crippen molar-refractivity contribution >= 4 is 5.97 Å². The predicted octanol–water partition coefficient (Wildman–Crippen LogP) is 1.93. The Morgan fingerprint density at radius 2 is 2.20 bits per heavy atom. The summed E-state index contributed by atoms with van der Waals surface area (Å²) in [5.74, 6) is -1.30. The first kappa shape index (κ1) is 15.5. The summed E-state index contributed by atoms with van der Waals surface area (Å²) in [4.78, 5) is 11.0. The number of aliphatic hydroxyl groups is 1. The molecule has 1 saturated heterocycles. The minimum atomic E-state index is -0.941. The van der Waals surface area contributed by atoms with Gasteiger partial charge in [-0.15, -0.1) is 0 Å². The van der Waals surface area contributed by atoms with E-state index >= 15 is 0 Å². The minimum Gasteiger partial charge on any atom is -0.460 e. The Labute approximate surface area is 119 Å². The molecule has 114 valence electrons. The van der Waals surface area contributed by atoms with Crippen LogP contribution in [0.15, 0.2) is 11.6 Å². The van der Waals surface area contributed by atoms with Crippen LogP contribution in [0.1, 0.15) is 47.0 Å². The van der Waals surface area contributed by atoms with E-state index in [4.69, 9.17) is 14.2 Å². The molecule has 0 radical (unpaired) electrons. The van der Waals surface area contributed by atoms with Crippen LogP contribution in [0, 0.1) is 0 Å². The first-order chi connectivity index (χ1) is 9.22. The molecule has 2 aliphatic rings. The average molecular weight is 284 g/mol. The molecule has 2 rings (SSSR count). The third-order valence-corrected chi connectivity index (χ3v) is 3.72. The molecule has 0 aromatic rings. The highest BCUT2D eigenvalue weighted by molar-refractivity contribution is 5.65. The van der Waals surface area contributed by atoms with Crippen molar-refractivity contribution in [2.75, 3.05) is 6.61 Å². The van der Waals surface area contributed by atoms with E-state index in [1.165, 1.54) is 6.92 Å². The van der Waals surface area contributed by atoms with E-state index in [0.717, 1.165) is 24.8 Å². The smallest absolute Gasteiger partial charge is 0.302 e. The molecule has 1 fully saturated rings. The van der Waals surface area contributed by atoms with Gasteiger partial charge in [0.2, 0.25) is 5.79 Å². The largest absolute Gasteiger partial charge is 0.460 e. The summed E-state index contributed by atoms with van der Waals surface area (Å²) in [7, 11) is 0. The van der Waals surface area contributed by atoms with E-state index in [1.54, 1.807) is 6.92 Å². The van der Waals surface area contributed by atoms with Gasteiger partial charge in [-0.25, -0.2) is 0 Å². The molecular formula is C15H24O5. The minimum absolute atomic E-state index is 0.0676. The van der Waals surface area contributed by atoms with Crippen LogP contribution in [-0.4, -0.2) is 41.3 Å². The second-order valence-electron chi connectivity index (χ2n) is 6.32. The molecule has 0 amide bonds. The Kier molecular flexibility index (Phi) is 4.23. The van der Waals surface area contributed by atoms with Gasteiger partial charge in [0.1, 0.15) is 12.7 Å². The molecule has 0 spiro atoms. The Bertz CT molecular complexity index is 414. The summed E-state index contributed by atoms with van der Waals surface area (Å²) in [6, 6.07) is 0. The summed E-state index contributed by atoms with van der Waals surface area (Å²) in [5, 5.41) is 9.77. The van der Waals surface area contributed by atoms with Gasteiger partial charge < -0.3 is 19.3 Å². The van der Waals surface area contributed by atoms with Crippen molar-refractivity contribution in [1.29, 1.82) is 0 Å². The van der Waals surface area contributed by atoms with Gasteiger partial charge in [0.15, 0.2) is 0 Å². The summed E-state index contributed by atoms with van der Waals surface area (Å²) in [6.07, 6.45) is 3.89. The van der Waals surface area contributed by atoms with Crippen molar-refractivity contribution in [2.24, 2.45) is 0 Å². The highest BCUT2D eigenvalue weighted by atomic mass is 16.8. The molecule has 5 heteroatoms. The SMILES string of the molecule is CC(=O)OCC1(C)OC(C2=CC(O)CCC2)C(C)(C)O1. The maximum absolute atomic E-state index is 11.0. The fourth-order valence-electron chi connectivity index (χ4n) is 2.99. The van der Waals surface area contributed by atoms with E-state index in [-0.39, 0.29) is 18.7 Å². The zero-order valence-corrected chi connectivity index (χ0v) is 12.6. The standard InChI is InChI=1S/C15H24O5/c1-10(16)18-9-15(4)19-13(14(2,3)20-15)11-6-5-7-12(17)8-11/h8,12-13,17H,5-7,9H2,1-4H3. The van der Waals surface area contributed by atoms with E-state index in [9.17, 15) is 9.90 Å². The monoisotopic (exact) mass is 284 g/mol. The number of hydrogen-bond donors (Lipinski definition) is 1. The molecule has 0 bridgehead atoms. The Balaban J connectivity index is 2.12. The van der Waals surface area contributed by atoms with Gasteiger partial charge in [-0.2, -0.15) is 0 Å². The molecule has 5 nitrogen and oxygen atoms in total. The van der Waals surface area contributed by atoms with Gasteiger partial charge in [-0.05, 0) is 45.6 Å². The fraction of sp³-hybridized carbons (Fsp3) is 0.800. The molecule has 3 unspecified atom stereocenters. The second-order valence-corrected chi connectivity index (χ2v) is 6.32. The van der Waals surface area contributed by atoms with Crippen LogP contribution < -0.4 is 0 Å². The predicted molar refractivity (Wildman–Crippen MR) is 73.0 cm³/mol. The quantitative estimate of drug-likeness (QED) is 0.633. The third-order valence-electron chi connectivity index (χ3n) is 3.72. The van der Waals surface area contributed by atoms with Crippen molar-refractivity contribution in [3.8, 4) is 0 Å². The van der Waals surface area contributed by atoms with Gasteiger partial charge in [0.25, 0.3) is 0 Å². The molecule has 1 heterocycles. The lowest BCUT2D eigenvalue weighted by molar-refractivity contribution is -0.205. The number of hydrogen-bond acceptors (Lipinski definition) is 5. The van der Waals surface area contributed by atoms with E-state index in [1.807, 2.05) is 19.9 Å². The highest BCUT2D eigenvalue weighted by Crippen LogP contribution is 2.42. The summed E-state index contributed by atoms with van der Waals surface area (Å²) < 4.78 is 17.0. The van der Waals surface area contributed by atoms with Crippen LogP contribution in [0.2, 0.25) is 0 Å². The zero-order chi connectivity index (χ0) is 15.0. The lowest BCUT2D eigenvalue weighted by Gasteiger charge is -2.28. The van der Waals surface area contributed by atoms with Crippen LogP contribution in [0.5, 0.6) is 0 Å². The summed E-state index contributed by atoms with van der Waals surface area (Å²) >= 11 is 0. The maximum atomic E-state index is 11.0. The number of carbonyl (C=O) groups is 1. The van der Waals surface area contributed by atoms with Gasteiger partial charge >= 0.3 is 5.97 Å². The van der Waals surface area contributed by atoms with Crippen LogP contribution >= 0.6 is 0 Å². The lowest BCUT2D eigenvalue weighted by Crippen LogP contribution is -2.36. The van der Waals surface area contributed by atoms with E-state index in [0.29, 0.717) is 0 Å². The van der Waals surface area contributed by atoms with Gasteiger partial charge in [-0.1, -0.05) is 6.08 Å². The molecule has 20 heavy (non-hydrogen) atoms. The number of aliphatic hydroxyl groups excluding tert-OH is 1. The van der Waals surface area contributed by atoms with Crippen LogP contribution in [0.25, 0.3) is 0 Å². The zero-order valence-electron chi connectivity index (χ0n) is 12.6. The average Bonchev–Trinajstić information content (AvgIpc) is 2.58. The third kappa shape index (κ3) is 3.40. The second kappa shape index (κ2) is 5.47. The topological polar surface area (TPSA) is 65.0 Å². The first-order valence-corrected chi connectivity index (χ1v) is 7.12. The van der Waals surface area contributed by atoms with Crippen molar-refractivity contribution in [3.05, 3.63) is 11.6 Å². The van der Waals surface area contributed by atoms with E-state index in [2.05, 4.69) is 0 Å². The molecule has 3 atom stereocenters. The number of ether oxygens (including phenoxy) is 3. The number of esters is 1. The van der Waals surface area contributed by atoms with Crippen LogP contribution in [0.3, 0.4) is 0 Å². The molecule has 0 aromatic heterocycles. The number of carbonyl (C=O) groups excluding carboxylic acids is 1. The molecule has 1 aliphatic carbocycles. The Hall–Kier alpha value is -0.910. The fourth-order valence-corrected chi connectivity index (χ4v) is 2.99. The summed E-state index contributed by atoms with van der Waals surface area (Å²) in [5.41, 5.74) is 0.554. The number of rotatable bonds is 3. The lowest BCUT2D eigenvalue weighted by atomic mass is 9.87. The van der Waals surface area contributed by atoms with Crippen LogP contribution in [-0.2, 0) is 19.0 Å². The normalized spacial score (nSPS) is 36.5. The van der Waals surface area contributed by atoms with Crippen LogP contribution in [0.4, 0.5) is 0 Å². The molecule has 0 saturated carbocycles. The highest BCUT2D eigenvalue weighted by Gasteiger charge is 2.51. The van der Waals surface area contributed by atoms with Crippen molar-refractivity contribution in [2.45, 2.75) is 70.6 Å². The molecular weight excluding hydrogens is 260 g/mol. The summed E-state index contributed by atoms with van der Waals surface area (Å²) in [6.45, 7) is 7.12. The molecule has 1 N–H and O–H groups in total. The van der Waals surface area contributed by atoms with Crippen molar-refractivity contribution < 1.29 is 24.1 Å². The molecule has 0 aromatic carbocycles. The Morgan fingerprint density at radius 1 is 1.50 bits per heavy atom. The first-order valence-electron chi connectivity index (χ1n) is 7.12. The van der Waals surface area contributed by atoms with E-state index < -0.39 is 17.5 Å². The van der Waals surface area contributed by atoms with Gasteiger partial charge in [0.05, 0.1) is 11.7 Å². The van der Waals surface area contributed by atoms with Gasteiger partial charge in [-0.3, -0.25) is 4.79 Å². The maximum Gasteiger partial charge on any atom is 0.302 e.